The minimum absolute atomic E-state index is 0.0677. The van der Waals surface area contributed by atoms with Gasteiger partial charge in [-0.2, -0.15) is 0 Å². The molecule has 1 heterocycles. The number of hydrogen-bond acceptors (Lipinski definition) is 6. The highest BCUT2D eigenvalue weighted by atomic mass is 19.1. The zero-order chi connectivity index (χ0) is 20.1. The third-order valence-electron chi connectivity index (χ3n) is 3.96. The fourth-order valence-electron chi connectivity index (χ4n) is 2.53. The summed E-state index contributed by atoms with van der Waals surface area (Å²) in [4.78, 5) is 10.6. The second-order valence-electron chi connectivity index (χ2n) is 5.90. The highest BCUT2D eigenvalue weighted by Crippen LogP contribution is 2.30. The van der Waals surface area contributed by atoms with E-state index in [1.165, 1.54) is 32.2 Å². The predicted octanol–water partition coefficient (Wildman–Crippen LogP) is 4.79. The average molecular weight is 384 g/mol. The number of benzene rings is 2. The van der Waals surface area contributed by atoms with Crippen LogP contribution in [-0.4, -0.2) is 17.2 Å². The molecule has 0 saturated carbocycles. The van der Waals surface area contributed by atoms with Crippen LogP contribution in [0, 0.1) is 22.9 Å². The van der Waals surface area contributed by atoms with E-state index in [4.69, 9.17) is 14.0 Å². The molecule has 3 aromatic rings. The maximum atomic E-state index is 13.0. The van der Waals surface area contributed by atoms with Crippen LogP contribution in [0.1, 0.15) is 22.6 Å². The lowest BCUT2D eigenvalue weighted by Gasteiger charge is -2.11. The standard InChI is InChI=1S/C20H17FN2O5/c1-13-20(23(24)25)18(28-22-13)10-6-14-5-9-17(19(11-14)26-2)27-12-15-3-7-16(21)8-4-15/h3-11H,12H2,1-2H3/b10-6+. The zero-order valence-corrected chi connectivity index (χ0v) is 15.2. The first-order chi connectivity index (χ1) is 13.5. The summed E-state index contributed by atoms with van der Waals surface area (Å²) in [5, 5.41) is 14.7. The van der Waals surface area contributed by atoms with Crippen molar-refractivity contribution >= 4 is 17.8 Å². The van der Waals surface area contributed by atoms with Crippen LogP contribution in [0.5, 0.6) is 11.5 Å². The molecule has 0 saturated heterocycles. The number of aromatic nitrogens is 1. The fraction of sp³-hybridized carbons (Fsp3) is 0.150. The molecule has 8 heteroatoms. The van der Waals surface area contributed by atoms with Gasteiger partial charge in [-0.25, -0.2) is 4.39 Å². The molecule has 3 rings (SSSR count). The quantitative estimate of drug-likeness (QED) is 0.430. The summed E-state index contributed by atoms with van der Waals surface area (Å²) in [6.07, 6.45) is 3.13. The lowest BCUT2D eigenvalue weighted by Crippen LogP contribution is -1.98. The number of hydrogen-bond donors (Lipinski definition) is 0. The van der Waals surface area contributed by atoms with Crippen molar-refractivity contribution in [2.75, 3.05) is 7.11 Å². The Morgan fingerprint density at radius 1 is 1.18 bits per heavy atom. The van der Waals surface area contributed by atoms with Crippen LogP contribution in [-0.2, 0) is 6.61 Å². The van der Waals surface area contributed by atoms with E-state index in [1.54, 1.807) is 36.4 Å². The monoisotopic (exact) mass is 384 g/mol. The Kier molecular flexibility index (Phi) is 5.69. The maximum absolute atomic E-state index is 13.0. The molecule has 28 heavy (non-hydrogen) atoms. The second-order valence-corrected chi connectivity index (χ2v) is 5.90. The first-order valence-corrected chi connectivity index (χ1v) is 8.32. The molecule has 0 fully saturated rings. The largest absolute Gasteiger partial charge is 0.493 e. The van der Waals surface area contributed by atoms with Crippen molar-refractivity contribution < 1.29 is 23.3 Å². The number of ether oxygens (including phenoxy) is 2. The van der Waals surface area contributed by atoms with Gasteiger partial charge in [0.1, 0.15) is 12.4 Å². The van der Waals surface area contributed by atoms with E-state index >= 15 is 0 Å². The van der Waals surface area contributed by atoms with Crippen LogP contribution >= 0.6 is 0 Å². The number of halogens is 1. The van der Waals surface area contributed by atoms with Crippen molar-refractivity contribution in [2.45, 2.75) is 13.5 Å². The SMILES string of the molecule is COc1cc(/C=C/c2onc(C)c2[N+](=O)[O-])ccc1OCc1ccc(F)cc1. The van der Waals surface area contributed by atoms with Crippen LogP contribution in [0.15, 0.2) is 47.0 Å². The lowest BCUT2D eigenvalue weighted by molar-refractivity contribution is -0.386. The molecule has 0 N–H and O–H groups in total. The molecule has 144 valence electrons. The van der Waals surface area contributed by atoms with E-state index in [2.05, 4.69) is 5.16 Å². The highest BCUT2D eigenvalue weighted by Gasteiger charge is 2.21. The minimum atomic E-state index is -0.529. The van der Waals surface area contributed by atoms with Gasteiger partial charge >= 0.3 is 5.69 Å². The molecule has 1 aromatic heterocycles. The smallest absolute Gasteiger partial charge is 0.338 e. The Labute approximate surface area is 160 Å². The van der Waals surface area contributed by atoms with Crippen LogP contribution < -0.4 is 9.47 Å². The van der Waals surface area contributed by atoms with Gasteiger partial charge in [0.25, 0.3) is 0 Å². The summed E-state index contributed by atoms with van der Waals surface area (Å²) >= 11 is 0. The van der Waals surface area contributed by atoms with Crippen molar-refractivity contribution in [2.24, 2.45) is 0 Å². The molecular formula is C20H17FN2O5. The number of aryl methyl sites for hydroxylation is 1. The Bertz CT molecular complexity index is 1010. The van der Waals surface area contributed by atoms with Crippen molar-refractivity contribution in [1.29, 1.82) is 0 Å². The Morgan fingerprint density at radius 3 is 2.61 bits per heavy atom. The van der Waals surface area contributed by atoms with Gasteiger partial charge in [0.05, 0.1) is 12.0 Å². The van der Waals surface area contributed by atoms with E-state index in [0.717, 1.165) is 11.1 Å². The van der Waals surface area contributed by atoms with Crippen molar-refractivity contribution in [3.05, 3.63) is 81.0 Å². The van der Waals surface area contributed by atoms with E-state index < -0.39 is 4.92 Å². The van der Waals surface area contributed by atoms with Crippen molar-refractivity contribution in [1.82, 2.24) is 5.16 Å². The topological polar surface area (TPSA) is 87.6 Å². The number of nitrogens with zero attached hydrogens (tertiary/aromatic N) is 2. The zero-order valence-electron chi connectivity index (χ0n) is 15.2. The molecule has 2 aromatic carbocycles. The molecule has 0 aliphatic carbocycles. The molecule has 0 spiro atoms. The number of methoxy groups -OCH3 is 1. The molecule has 0 amide bonds. The van der Waals surface area contributed by atoms with Gasteiger partial charge in [0.2, 0.25) is 5.76 Å². The van der Waals surface area contributed by atoms with Gasteiger partial charge in [-0.1, -0.05) is 29.4 Å². The van der Waals surface area contributed by atoms with Crippen LogP contribution in [0.3, 0.4) is 0 Å². The normalized spacial score (nSPS) is 11.0. The molecular weight excluding hydrogens is 367 g/mol. The van der Waals surface area contributed by atoms with E-state index in [9.17, 15) is 14.5 Å². The first-order valence-electron chi connectivity index (χ1n) is 8.32. The molecule has 0 bridgehead atoms. The fourth-order valence-corrected chi connectivity index (χ4v) is 2.53. The summed E-state index contributed by atoms with van der Waals surface area (Å²) in [6.45, 7) is 1.77. The number of nitro groups is 1. The lowest BCUT2D eigenvalue weighted by atomic mass is 10.1. The third kappa shape index (κ3) is 4.35. The van der Waals surface area contributed by atoms with Gasteiger partial charge in [-0.3, -0.25) is 10.1 Å². The second kappa shape index (κ2) is 8.34. The Hall–Kier alpha value is -3.68. The average Bonchev–Trinajstić information content (AvgIpc) is 3.07. The first kappa shape index (κ1) is 19.1. The highest BCUT2D eigenvalue weighted by molar-refractivity contribution is 5.72. The molecule has 0 aliphatic heterocycles. The van der Waals surface area contributed by atoms with Gasteiger partial charge < -0.3 is 14.0 Å². The van der Waals surface area contributed by atoms with E-state index in [1.807, 2.05) is 0 Å². The van der Waals surface area contributed by atoms with Crippen molar-refractivity contribution in [3.8, 4) is 11.5 Å². The summed E-state index contributed by atoms with van der Waals surface area (Å²) in [5.41, 5.74) is 1.60. The molecule has 0 radical (unpaired) electrons. The van der Waals surface area contributed by atoms with Gasteiger partial charge in [-0.15, -0.1) is 0 Å². The number of rotatable bonds is 7. The van der Waals surface area contributed by atoms with Gasteiger partial charge in [0.15, 0.2) is 17.2 Å². The Morgan fingerprint density at radius 2 is 1.93 bits per heavy atom. The van der Waals surface area contributed by atoms with E-state index in [-0.39, 0.29) is 29.6 Å². The van der Waals surface area contributed by atoms with Crippen LogP contribution in [0.25, 0.3) is 12.2 Å². The Balaban J connectivity index is 1.75. The van der Waals surface area contributed by atoms with Crippen LogP contribution in [0.4, 0.5) is 10.1 Å². The van der Waals surface area contributed by atoms with Crippen LogP contribution in [0.2, 0.25) is 0 Å². The van der Waals surface area contributed by atoms with Crippen molar-refractivity contribution in [3.63, 3.8) is 0 Å². The molecule has 0 aliphatic rings. The maximum Gasteiger partial charge on any atom is 0.338 e. The third-order valence-corrected chi connectivity index (χ3v) is 3.96. The molecule has 7 nitrogen and oxygen atoms in total. The predicted molar refractivity (Wildman–Crippen MR) is 101 cm³/mol. The summed E-state index contributed by atoms with van der Waals surface area (Å²) in [5.74, 6) is 0.774. The van der Waals surface area contributed by atoms with Gasteiger partial charge in [-0.05, 0) is 48.4 Å². The van der Waals surface area contributed by atoms with E-state index in [0.29, 0.717) is 11.5 Å². The minimum Gasteiger partial charge on any atom is -0.493 e. The molecule has 0 unspecified atom stereocenters. The summed E-state index contributed by atoms with van der Waals surface area (Å²) < 4.78 is 29.0. The summed E-state index contributed by atoms with van der Waals surface area (Å²) in [6, 6.07) is 11.3. The summed E-state index contributed by atoms with van der Waals surface area (Å²) in [7, 11) is 1.51. The molecule has 0 atom stereocenters. The van der Waals surface area contributed by atoms with Gasteiger partial charge in [0, 0.05) is 0 Å².